The topological polar surface area (TPSA) is 45.7 Å². The van der Waals surface area contributed by atoms with E-state index in [9.17, 15) is 4.79 Å². The molecule has 1 saturated heterocycles. The SMILES string of the molecule is COc1ccc(C(=O)N2CCN(C)C[C@@H]2C)cn1. The standard InChI is InChI=1S/C13H19N3O2/c1-10-9-15(2)6-7-16(10)13(17)11-4-5-12(18-3)14-8-11/h4-5,8,10H,6-7,9H2,1-3H3/t10-/m0/s1. The number of carbonyl (C=O) groups excluding carboxylic acids is 1. The second kappa shape index (κ2) is 5.35. The Balaban J connectivity index is 2.10. The minimum absolute atomic E-state index is 0.0470. The average Bonchev–Trinajstić information content (AvgIpc) is 2.38. The molecule has 2 rings (SSSR count). The molecule has 0 saturated carbocycles. The van der Waals surface area contributed by atoms with E-state index in [1.54, 1.807) is 25.4 Å². The van der Waals surface area contributed by atoms with Crippen LogP contribution < -0.4 is 4.74 Å². The monoisotopic (exact) mass is 249 g/mol. The molecule has 98 valence electrons. The van der Waals surface area contributed by atoms with E-state index in [1.165, 1.54) is 0 Å². The molecule has 1 aromatic heterocycles. The summed E-state index contributed by atoms with van der Waals surface area (Å²) < 4.78 is 4.99. The number of ether oxygens (including phenoxy) is 1. The number of hydrogen-bond donors (Lipinski definition) is 0. The highest BCUT2D eigenvalue weighted by molar-refractivity contribution is 5.94. The molecule has 1 amide bonds. The van der Waals surface area contributed by atoms with E-state index in [4.69, 9.17) is 4.74 Å². The van der Waals surface area contributed by atoms with E-state index >= 15 is 0 Å². The van der Waals surface area contributed by atoms with Gasteiger partial charge in [-0.05, 0) is 20.0 Å². The molecule has 1 fully saturated rings. The third kappa shape index (κ3) is 2.61. The van der Waals surface area contributed by atoms with Gasteiger partial charge in [0.2, 0.25) is 5.88 Å². The van der Waals surface area contributed by atoms with Crippen LogP contribution in [0.5, 0.6) is 5.88 Å². The van der Waals surface area contributed by atoms with Crippen LogP contribution in [0.2, 0.25) is 0 Å². The molecular formula is C13H19N3O2. The Morgan fingerprint density at radius 1 is 1.44 bits per heavy atom. The Bertz CT molecular complexity index is 419. The van der Waals surface area contributed by atoms with Crippen molar-refractivity contribution in [3.05, 3.63) is 23.9 Å². The molecular weight excluding hydrogens is 230 g/mol. The molecule has 0 N–H and O–H groups in total. The lowest BCUT2D eigenvalue weighted by molar-refractivity contribution is 0.0533. The molecule has 0 bridgehead atoms. The van der Waals surface area contributed by atoms with Gasteiger partial charge in [0.25, 0.3) is 5.91 Å². The molecule has 0 aromatic carbocycles. The van der Waals surface area contributed by atoms with E-state index in [0.29, 0.717) is 11.4 Å². The lowest BCUT2D eigenvalue weighted by Crippen LogP contribution is -2.52. The number of likely N-dealkylation sites (N-methyl/N-ethyl adjacent to an activating group) is 1. The molecule has 18 heavy (non-hydrogen) atoms. The predicted molar refractivity (Wildman–Crippen MR) is 68.8 cm³/mol. The van der Waals surface area contributed by atoms with Crippen molar-refractivity contribution in [2.75, 3.05) is 33.8 Å². The maximum atomic E-state index is 12.3. The van der Waals surface area contributed by atoms with Gasteiger partial charge in [-0.25, -0.2) is 4.98 Å². The Kier molecular flexibility index (Phi) is 3.81. The summed E-state index contributed by atoms with van der Waals surface area (Å²) >= 11 is 0. The van der Waals surface area contributed by atoms with Crippen LogP contribution in [0, 0.1) is 0 Å². The zero-order valence-electron chi connectivity index (χ0n) is 11.1. The van der Waals surface area contributed by atoms with E-state index in [0.717, 1.165) is 19.6 Å². The fourth-order valence-electron chi connectivity index (χ4n) is 2.23. The molecule has 1 atom stereocenters. The lowest BCUT2D eigenvalue weighted by Gasteiger charge is -2.38. The second-order valence-electron chi connectivity index (χ2n) is 4.70. The molecule has 1 aliphatic rings. The van der Waals surface area contributed by atoms with Gasteiger partial charge in [-0.15, -0.1) is 0 Å². The summed E-state index contributed by atoms with van der Waals surface area (Å²) in [4.78, 5) is 20.6. The number of amides is 1. The molecule has 0 unspecified atom stereocenters. The summed E-state index contributed by atoms with van der Waals surface area (Å²) in [5.41, 5.74) is 0.618. The van der Waals surface area contributed by atoms with Crippen LogP contribution in [0.15, 0.2) is 18.3 Å². The summed E-state index contributed by atoms with van der Waals surface area (Å²) in [6.07, 6.45) is 1.58. The fraction of sp³-hybridized carbons (Fsp3) is 0.538. The summed E-state index contributed by atoms with van der Waals surface area (Å²) in [6, 6.07) is 3.71. The largest absolute Gasteiger partial charge is 0.481 e. The first kappa shape index (κ1) is 12.8. The van der Waals surface area contributed by atoms with Gasteiger partial charge in [0.1, 0.15) is 0 Å². The smallest absolute Gasteiger partial charge is 0.255 e. The van der Waals surface area contributed by atoms with Crippen LogP contribution in [0.3, 0.4) is 0 Å². The van der Waals surface area contributed by atoms with Crippen LogP contribution in [-0.4, -0.2) is 60.5 Å². The van der Waals surface area contributed by atoms with Gasteiger partial charge in [0.15, 0.2) is 0 Å². The molecule has 0 radical (unpaired) electrons. The van der Waals surface area contributed by atoms with E-state index < -0.39 is 0 Å². The minimum atomic E-state index is 0.0470. The van der Waals surface area contributed by atoms with Crippen molar-refractivity contribution in [3.63, 3.8) is 0 Å². The van der Waals surface area contributed by atoms with Gasteiger partial charge in [0, 0.05) is 37.9 Å². The zero-order chi connectivity index (χ0) is 13.1. The van der Waals surface area contributed by atoms with Crippen molar-refractivity contribution in [2.45, 2.75) is 13.0 Å². The van der Waals surface area contributed by atoms with Gasteiger partial charge >= 0.3 is 0 Å². The van der Waals surface area contributed by atoms with Crippen LogP contribution in [0.1, 0.15) is 17.3 Å². The van der Waals surface area contributed by atoms with Gasteiger partial charge in [0.05, 0.1) is 12.7 Å². The Hall–Kier alpha value is -1.62. The van der Waals surface area contributed by atoms with Crippen LogP contribution in [0.4, 0.5) is 0 Å². The average molecular weight is 249 g/mol. The van der Waals surface area contributed by atoms with Crippen molar-refractivity contribution in [2.24, 2.45) is 0 Å². The van der Waals surface area contributed by atoms with Crippen LogP contribution >= 0.6 is 0 Å². The predicted octanol–water partition coefficient (Wildman–Crippen LogP) is 0.866. The van der Waals surface area contributed by atoms with E-state index in [-0.39, 0.29) is 11.9 Å². The first-order valence-electron chi connectivity index (χ1n) is 6.11. The van der Waals surface area contributed by atoms with Crippen LogP contribution in [-0.2, 0) is 0 Å². The summed E-state index contributed by atoms with van der Waals surface area (Å²) in [5.74, 6) is 0.573. The first-order valence-corrected chi connectivity index (χ1v) is 6.11. The van der Waals surface area contributed by atoms with Gasteiger partial charge < -0.3 is 14.5 Å². The highest BCUT2D eigenvalue weighted by atomic mass is 16.5. The molecule has 0 spiro atoms. The molecule has 1 aliphatic heterocycles. The normalized spacial score (nSPS) is 20.8. The zero-order valence-corrected chi connectivity index (χ0v) is 11.1. The fourth-order valence-corrected chi connectivity index (χ4v) is 2.23. The highest BCUT2D eigenvalue weighted by Crippen LogP contribution is 2.14. The number of carbonyl (C=O) groups is 1. The highest BCUT2D eigenvalue weighted by Gasteiger charge is 2.26. The molecule has 0 aliphatic carbocycles. The number of piperazine rings is 1. The van der Waals surface area contributed by atoms with Gasteiger partial charge in [-0.1, -0.05) is 0 Å². The summed E-state index contributed by atoms with van der Waals surface area (Å²) in [5, 5.41) is 0. The van der Waals surface area contributed by atoms with Gasteiger partial charge in [-0.2, -0.15) is 0 Å². The van der Waals surface area contributed by atoms with Crippen molar-refractivity contribution in [3.8, 4) is 5.88 Å². The molecule has 1 aromatic rings. The van der Waals surface area contributed by atoms with E-state index in [1.807, 2.05) is 4.90 Å². The van der Waals surface area contributed by atoms with Crippen molar-refractivity contribution < 1.29 is 9.53 Å². The Morgan fingerprint density at radius 2 is 2.22 bits per heavy atom. The maximum Gasteiger partial charge on any atom is 0.255 e. The van der Waals surface area contributed by atoms with Crippen molar-refractivity contribution >= 4 is 5.91 Å². The van der Waals surface area contributed by atoms with Crippen LogP contribution in [0.25, 0.3) is 0 Å². The Morgan fingerprint density at radius 3 is 2.78 bits per heavy atom. The van der Waals surface area contributed by atoms with Crippen molar-refractivity contribution in [1.82, 2.24) is 14.8 Å². The maximum absolute atomic E-state index is 12.3. The minimum Gasteiger partial charge on any atom is -0.481 e. The molecule has 2 heterocycles. The summed E-state index contributed by atoms with van der Waals surface area (Å²) in [6.45, 7) is 4.67. The van der Waals surface area contributed by atoms with E-state index in [2.05, 4.69) is 23.9 Å². The molecule has 5 heteroatoms. The Labute approximate surface area is 107 Å². The molecule has 5 nitrogen and oxygen atoms in total. The van der Waals surface area contributed by atoms with Gasteiger partial charge in [-0.3, -0.25) is 4.79 Å². The third-order valence-electron chi connectivity index (χ3n) is 3.28. The lowest BCUT2D eigenvalue weighted by atomic mass is 10.1. The third-order valence-corrected chi connectivity index (χ3v) is 3.28. The number of pyridine rings is 1. The number of aromatic nitrogens is 1. The number of rotatable bonds is 2. The number of methoxy groups -OCH3 is 1. The summed E-state index contributed by atoms with van der Waals surface area (Å²) in [7, 11) is 3.64. The number of hydrogen-bond acceptors (Lipinski definition) is 4. The van der Waals surface area contributed by atoms with Crippen molar-refractivity contribution in [1.29, 1.82) is 0 Å². The number of nitrogens with zero attached hydrogens (tertiary/aromatic N) is 3. The quantitative estimate of drug-likeness (QED) is 0.780. The second-order valence-corrected chi connectivity index (χ2v) is 4.70. The first-order chi connectivity index (χ1) is 8.61.